The molecule has 0 bridgehead atoms. The fourth-order valence-corrected chi connectivity index (χ4v) is 3.10. The van der Waals surface area contributed by atoms with E-state index >= 15 is 0 Å². The van der Waals surface area contributed by atoms with E-state index < -0.39 is 0 Å². The molecule has 0 amide bonds. The van der Waals surface area contributed by atoms with E-state index in [-0.39, 0.29) is 11.2 Å². The molecule has 3 aromatic rings. The van der Waals surface area contributed by atoms with Gasteiger partial charge in [0.25, 0.3) is 0 Å². The van der Waals surface area contributed by atoms with Crippen LogP contribution in [0.4, 0.5) is 0 Å². The Morgan fingerprint density at radius 1 is 1.30 bits per heavy atom. The number of fused-ring (bicyclic) bond motifs is 1. The molecule has 0 unspecified atom stereocenters. The van der Waals surface area contributed by atoms with Crippen LogP contribution >= 0.6 is 23.4 Å². The molecule has 2 aromatic heterocycles. The van der Waals surface area contributed by atoms with Crippen LogP contribution in [0.15, 0.2) is 41.8 Å². The van der Waals surface area contributed by atoms with Gasteiger partial charge in [0.1, 0.15) is 16.6 Å². The Bertz CT molecular complexity index is 850. The van der Waals surface area contributed by atoms with Crippen molar-refractivity contribution in [2.75, 3.05) is 7.11 Å². The standard InChI is InChI=1S/C15H13ClN4O2S/c1-9(15(21)22-2)23-14-12-7-19-20(13(12)17-8-18-14)11-5-3-10(16)4-6-11/h3-9H,1-2H3/t9-/m1/s1. The zero-order valence-corrected chi connectivity index (χ0v) is 14.0. The monoisotopic (exact) mass is 348 g/mol. The summed E-state index contributed by atoms with van der Waals surface area (Å²) in [5.41, 5.74) is 1.52. The summed E-state index contributed by atoms with van der Waals surface area (Å²) >= 11 is 7.23. The molecule has 0 fully saturated rings. The van der Waals surface area contributed by atoms with Crippen LogP contribution in [0.5, 0.6) is 0 Å². The molecule has 0 saturated carbocycles. The molecule has 8 heteroatoms. The highest BCUT2D eigenvalue weighted by Gasteiger charge is 2.19. The zero-order valence-electron chi connectivity index (χ0n) is 12.4. The number of carbonyl (C=O) groups excluding carboxylic acids is 1. The molecular weight excluding hydrogens is 336 g/mol. The Morgan fingerprint density at radius 2 is 2.04 bits per heavy atom. The average molecular weight is 349 g/mol. The van der Waals surface area contributed by atoms with E-state index in [1.807, 2.05) is 12.1 Å². The Kier molecular flexibility index (Phi) is 4.49. The van der Waals surface area contributed by atoms with Crippen molar-refractivity contribution in [1.82, 2.24) is 19.7 Å². The number of methoxy groups -OCH3 is 1. The number of aromatic nitrogens is 4. The molecule has 0 aliphatic rings. The predicted molar refractivity (Wildman–Crippen MR) is 89.0 cm³/mol. The van der Waals surface area contributed by atoms with E-state index in [1.165, 1.54) is 25.2 Å². The maximum absolute atomic E-state index is 11.6. The lowest BCUT2D eigenvalue weighted by atomic mass is 10.3. The van der Waals surface area contributed by atoms with Gasteiger partial charge < -0.3 is 4.74 Å². The van der Waals surface area contributed by atoms with Crippen LogP contribution < -0.4 is 0 Å². The van der Waals surface area contributed by atoms with Gasteiger partial charge in [-0.15, -0.1) is 0 Å². The molecule has 1 aromatic carbocycles. The topological polar surface area (TPSA) is 69.9 Å². The number of carbonyl (C=O) groups is 1. The zero-order chi connectivity index (χ0) is 16.4. The maximum Gasteiger partial charge on any atom is 0.318 e. The second kappa shape index (κ2) is 6.55. The summed E-state index contributed by atoms with van der Waals surface area (Å²) in [4.78, 5) is 20.1. The summed E-state index contributed by atoms with van der Waals surface area (Å²) in [6.07, 6.45) is 3.15. The van der Waals surface area contributed by atoms with Crippen LogP contribution in [0.1, 0.15) is 6.92 Å². The van der Waals surface area contributed by atoms with Gasteiger partial charge in [-0.3, -0.25) is 4.79 Å². The quantitative estimate of drug-likeness (QED) is 0.410. The van der Waals surface area contributed by atoms with Crippen molar-refractivity contribution in [2.24, 2.45) is 0 Å². The van der Waals surface area contributed by atoms with Crippen molar-refractivity contribution in [2.45, 2.75) is 17.2 Å². The van der Waals surface area contributed by atoms with Gasteiger partial charge in [0.05, 0.1) is 24.4 Å². The molecule has 3 rings (SSSR count). The number of hydrogen-bond acceptors (Lipinski definition) is 6. The van der Waals surface area contributed by atoms with E-state index in [1.54, 1.807) is 29.9 Å². The highest BCUT2D eigenvalue weighted by atomic mass is 35.5. The first-order valence-corrected chi connectivity index (χ1v) is 8.05. The molecule has 118 valence electrons. The Hall–Kier alpha value is -2.12. The molecule has 0 saturated heterocycles. The van der Waals surface area contributed by atoms with Crippen LogP contribution in [-0.4, -0.2) is 38.1 Å². The number of rotatable bonds is 4. The number of ether oxygens (including phenoxy) is 1. The summed E-state index contributed by atoms with van der Waals surface area (Å²) in [6.45, 7) is 1.77. The lowest BCUT2D eigenvalue weighted by molar-refractivity contribution is -0.139. The summed E-state index contributed by atoms with van der Waals surface area (Å²) in [6, 6.07) is 7.31. The van der Waals surface area contributed by atoms with Gasteiger partial charge in [0.15, 0.2) is 5.65 Å². The molecule has 6 nitrogen and oxygen atoms in total. The van der Waals surface area contributed by atoms with Crippen LogP contribution in [-0.2, 0) is 9.53 Å². The second-order valence-electron chi connectivity index (χ2n) is 4.73. The van der Waals surface area contributed by atoms with Crippen molar-refractivity contribution in [3.05, 3.63) is 41.8 Å². The third kappa shape index (κ3) is 3.16. The first-order chi connectivity index (χ1) is 11.1. The Balaban J connectivity index is 2.00. The number of benzene rings is 1. The third-order valence-corrected chi connectivity index (χ3v) is 4.57. The SMILES string of the molecule is COC(=O)[C@@H](C)Sc1ncnc2c1cnn2-c1ccc(Cl)cc1. The van der Waals surface area contributed by atoms with Crippen molar-refractivity contribution in [3.8, 4) is 5.69 Å². The fraction of sp³-hybridized carbons (Fsp3) is 0.200. The predicted octanol–water partition coefficient (Wildman–Crippen LogP) is 3.12. The van der Waals surface area contributed by atoms with Gasteiger partial charge >= 0.3 is 5.97 Å². The van der Waals surface area contributed by atoms with Crippen molar-refractivity contribution < 1.29 is 9.53 Å². The average Bonchev–Trinajstić information content (AvgIpc) is 3.00. The van der Waals surface area contributed by atoms with Crippen molar-refractivity contribution >= 4 is 40.4 Å². The molecular formula is C15H13ClN4O2S. The van der Waals surface area contributed by atoms with Crippen LogP contribution in [0.2, 0.25) is 5.02 Å². The largest absolute Gasteiger partial charge is 0.468 e. The van der Waals surface area contributed by atoms with Gasteiger partial charge in [-0.2, -0.15) is 5.10 Å². The minimum Gasteiger partial charge on any atom is -0.468 e. The fourth-order valence-electron chi connectivity index (χ4n) is 2.07. The highest BCUT2D eigenvalue weighted by Crippen LogP contribution is 2.29. The van der Waals surface area contributed by atoms with E-state index in [0.717, 1.165) is 11.1 Å². The Labute approximate surface area is 141 Å². The number of esters is 1. The van der Waals surface area contributed by atoms with Crippen molar-refractivity contribution in [3.63, 3.8) is 0 Å². The van der Waals surface area contributed by atoms with E-state index in [9.17, 15) is 4.79 Å². The molecule has 0 aliphatic heterocycles. The molecule has 23 heavy (non-hydrogen) atoms. The molecule has 1 atom stereocenters. The lowest BCUT2D eigenvalue weighted by Crippen LogP contribution is -2.14. The van der Waals surface area contributed by atoms with E-state index in [0.29, 0.717) is 15.7 Å². The summed E-state index contributed by atoms with van der Waals surface area (Å²) in [7, 11) is 1.37. The van der Waals surface area contributed by atoms with Gasteiger partial charge in [-0.25, -0.2) is 14.6 Å². The normalized spacial score (nSPS) is 12.3. The molecule has 0 spiro atoms. The highest BCUT2D eigenvalue weighted by molar-refractivity contribution is 8.00. The van der Waals surface area contributed by atoms with Crippen LogP contribution in [0.3, 0.4) is 0 Å². The Morgan fingerprint density at radius 3 is 2.74 bits per heavy atom. The molecule has 0 aliphatic carbocycles. The van der Waals surface area contributed by atoms with Gasteiger partial charge in [0, 0.05) is 5.02 Å². The first-order valence-electron chi connectivity index (χ1n) is 6.79. The number of thioether (sulfide) groups is 1. The van der Waals surface area contributed by atoms with Crippen LogP contribution in [0, 0.1) is 0 Å². The molecule has 0 N–H and O–H groups in total. The van der Waals surface area contributed by atoms with Crippen molar-refractivity contribution in [1.29, 1.82) is 0 Å². The first kappa shape index (κ1) is 15.8. The van der Waals surface area contributed by atoms with E-state index in [2.05, 4.69) is 15.1 Å². The van der Waals surface area contributed by atoms with Crippen LogP contribution in [0.25, 0.3) is 16.7 Å². The number of halogens is 1. The van der Waals surface area contributed by atoms with E-state index in [4.69, 9.17) is 16.3 Å². The smallest absolute Gasteiger partial charge is 0.318 e. The molecule has 0 radical (unpaired) electrons. The maximum atomic E-state index is 11.6. The third-order valence-electron chi connectivity index (χ3n) is 3.22. The van der Waals surface area contributed by atoms with Gasteiger partial charge in [0.2, 0.25) is 0 Å². The number of nitrogens with zero attached hydrogens (tertiary/aromatic N) is 4. The van der Waals surface area contributed by atoms with Gasteiger partial charge in [-0.1, -0.05) is 23.4 Å². The number of hydrogen-bond donors (Lipinski definition) is 0. The second-order valence-corrected chi connectivity index (χ2v) is 6.50. The summed E-state index contributed by atoms with van der Waals surface area (Å²) in [5.74, 6) is -0.299. The minimum atomic E-state index is -0.364. The van der Waals surface area contributed by atoms with Gasteiger partial charge in [-0.05, 0) is 31.2 Å². The molecule has 2 heterocycles. The lowest BCUT2D eigenvalue weighted by Gasteiger charge is -2.08. The minimum absolute atomic E-state index is 0.299. The summed E-state index contributed by atoms with van der Waals surface area (Å²) < 4.78 is 6.45. The summed E-state index contributed by atoms with van der Waals surface area (Å²) in [5, 5.41) is 6.13.